The summed E-state index contributed by atoms with van der Waals surface area (Å²) in [6.45, 7) is -0.165. The Morgan fingerprint density at radius 1 is 1.22 bits per heavy atom. The summed E-state index contributed by atoms with van der Waals surface area (Å²) in [5.74, 6) is 2.60. The fraction of sp³-hybridized carbons (Fsp3) is 0.174. The van der Waals surface area contributed by atoms with Crippen molar-refractivity contribution in [3.05, 3.63) is 58.2 Å². The SMILES string of the molecule is C#CCOc1ccc(Br)cc1/C=C1/C(=O)N(c2ccc(OC)cc2)C(=S)N1CC(=O)OC. The Balaban J connectivity index is 2.08. The van der Waals surface area contributed by atoms with E-state index in [1.54, 1.807) is 55.7 Å². The number of ether oxygens (including phenoxy) is 3. The molecule has 7 nitrogen and oxygen atoms in total. The zero-order valence-corrected chi connectivity index (χ0v) is 19.7. The van der Waals surface area contributed by atoms with Gasteiger partial charge < -0.3 is 19.1 Å². The second-order valence-corrected chi connectivity index (χ2v) is 7.77. The summed E-state index contributed by atoms with van der Waals surface area (Å²) in [6, 6.07) is 12.2. The van der Waals surface area contributed by atoms with Crippen molar-refractivity contribution < 1.29 is 23.8 Å². The normalized spacial score (nSPS) is 14.5. The van der Waals surface area contributed by atoms with Gasteiger partial charge in [0.2, 0.25) is 0 Å². The van der Waals surface area contributed by atoms with Gasteiger partial charge in [-0.15, -0.1) is 6.42 Å². The minimum Gasteiger partial charge on any atom is -0.497 e. The number of carbonyl (C=O) groups is 2. The molecule has 0 radical (unpaired) electrons. The summed E-state index contributed by atoms with van der Waals surface area (Å²) in [7, 11) is 2.82. The molecular weight excluding hydrogens is 496 g/mol. The number of anilines is 1. The highest BCUT2D eigenvalue weighted by Crippen LogP contribution is 2.32. The van der Waals surface area contributed by atoms with Gasteiger partial charge in [0.1, 0.15) is 30.3 Å². The summed E-state index contributed by atoms with van der Waals surface area (Å²) < 4.78 is 16.4. The van der Waals surface area contributed by atoms with Gasteiger partial charge in [0, 0.05) is 10.0 Å². The Morgan fingerprint density at radius 3 is 2.56 bits per heavy atom. The third-order valence-electron chi connectivity index (χ3n) is 4.56. The Bertz CT molecular complexity index is 1120. The van der Waals surface area contributed by atoms with E-state index in [9.17, 15) is 9.59 Å². The van der Waals surface area contributed by atoms with Gasteiger partial charge in [-0.25, -0.2) is 0 Å². The number of halogens is 1. The van der Waals surface area contributed by atoms with Crippen LogP contribution in [0.1, 0.15) is 5.56 Å². The number of terminal acetylenes is 1. The van der Waals surface area contributed by atoms with E-state index < -0.39 is 11.9 Å². The number of carbonyl (C=O) groups excluding carboxylic acids is 2. The van der Waals surface area contributed by atoms with Gasteiger partial charge in [0.05, 0.1) is 19.9 Å². The molecule has 1 amide bonds. The molecule has 0 unspecified atom stereocenters. The fourth-order valence-electron chi connectivity index (χ4n) is 3.02. The molecule has 1 heterocycles. The van der Waals surface area contributed by atoms with Gasteiger partial charge in [-0.05, 0) is 60.8 Å². The number of hydrogen-bond donors (Lipinski definition) is 0. The van der Waals surface area contributed by atoms with E-state index >= 15 is 0 Å². The minimum atomic E-state index is -0.541. The lowest BCUT2D eigenvalue weighted by Crippen LogP contribution is -2.35. The molecule has 0 spiro atoms. The largest absolute Gasteiger partial charge is 0.497 e. The monoisotopic (exact) mass is 514 g/mol. The van der Waals surface area contributed by atoms with Crippen molar-refractivity contribution in [1.82, 2.24) is 4.90 Å². The lowest BCUT2D eigenvalue weighted by atomic mass is 10.1. The van der Waals surface area contributed by atoms with E-state index in [1.165, 1.54) is 16.9 Å². The Labute approximate surface area is 199 Å². The van der Waals surface area contributed by atoms with Gasteiger partial charge in [-0.2, -0.15) is 0 Å². The summed E-state index contributed by atoms with van der Waals surface area (Å²) in [4.78, 5) is 28.3. The third kappa shape index (κ3) is 4.93. The molecule has 1 aliphatic heterocycles. The van der Waals surface area contributed by atoms with Gasteiger partial charge in [0.15, 0.2) is 5.11 Å². The number of nitrogens with zero attached hydrogens (tertiary/aromatic N) is 2. The molecule has 1 fully saturated rings. The maximum Gasteiger partial charge on any atom is 0.325 e. The standard InChI is InChI=1S/C23H19BrN2O5S/c1-4-11-31-20-10-5-16(24)12-15(20)13-19-22(28)26(17-6-8-18(29-2)9-7-17)23(32)25(19)14-21(27)30-3/h1,5-10,12-13H,11,14H2,2-3H3/b19-13-. The Kier molecular flexibility index (Phi) is 7.51. The van der Waals surface area contributed by atoms with Crippen LogP contribution in [0.4, 0.5) is 5.69 Å². The molecule has 32 heavy (non-hydrogen) atoms. The molecule has 2 aromatic rings. The van der Waals surface area contributed by atoms with E-state index in [-0.39, 0.29) is 24.0 Å². The molecule has 1 aliphatic rings. The molecule has 3 rings (SSSR count). The molecular formula is C23H19BrN2O5S. The van der Waals surface area contributed by atoms with Crippen LogP contribution in [-0.2, 0) is 14.3 Å². The van der Waals surface area contributed by atoms with Gasteiger partial charge in [-0.3, -0.25) is 14.5 Å². The molecule has 0 aromatic heterocycles. The van der Waals surface area contributed by atoms with Crippen molar-refractivity contribution in [3.63, 3.8) is 0 Å². The van der Waals surface area contributed by atoms with Crippen molar-refractivity contribution in [1.29, 1.82) is 0 Å². The first-order chi connectivity index (χ1) is 15.4. The van der Waals surface area contributed by atoms with Crippen molar-refractivity contribution in [2.75, 3.05) is 32.3 Å². The number of rotatable bonds is 7. The number of thiocarbonyl (C=S) groups is 1. The Hall–Kier alpha value is -3.35. The van der Waals surface area contributed by atoms with Crippen LogP contribution in [0.5, 0.6) is 11.5 Å². The van der Waals surface area contributed by atoms with Crippen LogP contribution in [0.25, 0.3) is 6.08 Å². The van der Waals surface area contributed by atoms with E-state index in [4.69, 9.17) is 32.9 Å². The molecule has 9 heteroatoms. The van der Waals surface area contributed by atoms with Crippen molar-refractivity contribution in [3.8, 4) is 23.8 Å². The van der Waals surface area contributed by atoms with E-state index in [0.717, 1.165) is 4.47 Å². The first-order valence-electron chi connectivity index (χ1n) is 9.34. The average molecular weight is 515 g/mol. The van der Waals surface area contributed by atoms with Crippen LogP contribution in [0.15, 0.2) is 52.6 Å². The Morgan fingerprint density at radius 2 is 1.94 bits per heavy atom. The number of hydrogen-bond acceptors (Lipinski definition) is 6. The number of esters is 1. The molecule has 0 saturated carbocycles. The zero-order chi connectivity index (χ0) is 23.3. The molecule has 0 aliphatic carbocycles. The zero-order valence-electron chi connectivity index (χ0n) is 17.3. The maximum absolute atomic E-state index is 13.4. The van der Waals surface area contributed by atoms with Crippen LogP contribution >= 0.6 is 28.1 Å². The molecule has 1 saturated heterocycles. The first kappa shape index (κ1) is 23.3. The highest BCUT2D eigenvalue weighted by atomic mass is 79.9. The molecule has 0 N–H and O–H groups in total. The highest BCUT2D eigenvalue weighted by molar-refractivity contribution is 9.10. The van der Waals surface area contributed by atoms with Crippen molar-refractivity contribution in [2.24, 2.45) is 0 Å². The number of benzene rings is 2. The maximum atomic E-state index is 13.4. The summed E-state index contributed by atoms with van der Waals surface area (Å²) in [5.41, 5.74) is 1.32. The predicted molar refractivity (Wildman–Crippen MR) is 128 cm³/mol. The van der Waals surface area contributed by atoms with Crippen LogP contribution < -0.4 is 14.4 Å². The number of amides is 1. The minimum absolute atomic E-state index is 0.0635. The second-order valence-electron chi connectivity index (χ2n) is 6.49. The first-order valence-corrected chi connectivity index (χ1v) is 10.5. The molecule has 2 aromatic carbocycles. The smallest absolute Gasteiger partial charge is 0.325 e. The summed E-state index contributed by atoms with van der Waals surface area (Å²) in [6.07, 6.45) is 6.92. The van der Waals surface area contributed by atoms with Crippen molar-refractivity contribution in [2.45, 2.75) is 0 Å². The second kappa shape index (κ2) is 10.3. The van der Waals surface area contributed by atoms with E-state index in [2.05, 4.69) is 21.9 Å². The van der Waals surface area contributed by atoms with Crippen LogP contribution in [0.3, 0.4) is 0 Å². The summed E-state index contributed by atoms with van der Waals surface area (Å²) >= 11 is 8.98. The molecule has 164 valence electrons. The molecule has 0 bridgehead atoms. The molecule has 0 atom stereocenters. The van der Waals surface area contributed by atoms with Crippen LogP contribution in [0.2, 0.25) is 0 Å². The van der Waals surface area contributed by atoms with Crippen molar-refractivity contribution >= 4 is 56.9 Å². The van der Waals surface area contributed by atoms with Gasteiger partial charge >= 0.3 is 5.97 Å². The lowest BCUT2D eigenvalue weighted by Gasteiger charge is -2.19. The quantitative estimate of drug-likeness (QED) is 0.242. The fourth-order valence-corrected chi connectivity index (χ4v) is 3.75. The van der Waals surface area contributed by atoms with Crippen LogP contribution in [0, 0.1) is 12.3 Å². The van der Waals surface area contributed by atoms with Gasteiger partial charge in [0.25, 0.3) is 5.91 Å². The topological polar surface area (TPSA) is 68.3 Å². The highest BCUT2D eigenvalue weighted by Gasteiger charge is 2.40. The van der Waals surface area contributed by atoms with E-state index in [1.807, 2.05) is 0 Å². The van der Waals surface area contributed by atoms with E-state index in [0.29, 0.717) is 22.7 Å². The average Bonchev–Trinajstić information content (AvgIpc) is 3.02. The lowest BCUT2D eigenvalue weighted by molar-refractivity contribution is -0.140. The number of methoxy groups -OCH3 is 2. The predicted octanol–water partition coefficient (Wildman–Crippen LogP) is 3.62. The van der Waals surface area contributed by atoms with Crippen LogP contribution in [-0.4, -0.2) is 49.3 Å². The van der Waals surface area contributed by atoms with Gasteiger partial charge in [-0.1, -0.05) is 21.9 Å². The summed E-state index contributed by atoms with van der Waals surface area (Å²) in [5, 5.41) is 0.151. The third-order valence-corrected chi connectivity index (χ3v) is 5.45.